The van der Waals surface area contributed by atoms with Crippen molar-refractivity contribution < 1.29 is 4.74 Å². The van der Waals surface area contributed by atoms with Crippen LogP contribution in [0.5, 0.6) is 5.75 Å². The predicted octanol–water partition coefficient (Wildman–Crippen LogP) is 3.32. The van der Waals surface area contributed by atoms with Gasteiger partial charge in [-0.3, -0.25) is 4.90 Å². The fraction of sp³-hybridized carbons (Fsp3) is 0.667. The number of nitrogens with zero attached hydrogens (tertiary/aromatic N) is 1. The molecule has 1 aromatic carbocycles. The van der Waals surface area contributed by atoms with Crippen molar-refractivity contribution in [1.82, 2.24) is 4.90 Å². The van der Waals surface area contributed by atoms with Crippen LogP contribution in [0.2, 0.25) is 0 Å². The monoisotopic (exact) mass is 288 g/mol. The number of rotatable bonds is 3. The molecular formula is C18H28N2O. The summed E-state index contributed by atoms with van der Waals surface area (Å²) in [6.07, 6.45) is 6.12. The maximum absolute atomic E-state index is 6.35. The van der Waals surface area contributed by atoms with E-state index >= 15 is 0 Å². The molecule has 3 nitrogen and oxygen atoms in total. The molecule has 0 radical (unpaired) electrons. The Morgan fingerprint density at radius 1 is 1.14 bits per heavy atom. The van der Waals surface area contributed by atoms with E-state index in [1.165, 1.54) is 24.8 Å². The third-order valence-corrected chi connectivity index (χ3v) is 5.64. The summed E-state index contributed by atoms with van der Waals surface area (Å²) < 4.78 is 5.26. The molecule has 0 aromatic heterocycles. The fourth-order valence-electron chi connectivity index (χ4n) is 4.69. The van der Waals surface area contributed by atoms with Crippen molar-refractivity contribution in [3.05, 3.63) is 29.8 Å². The molecule has 2 heterocycles. The first-order chi connectivity index (χ1) is 9.95. The van der Waals surface area contributed by atoms with Crippen LogP contribution in [0, 0.1) is 0 Å². The quantitative estimate of drug-likeness (QED) is 0.927. The van der Waals surface area contributed by atoms with E-state index in [0.717, 1.165) is 25.1 Å². The molecule has 2 saturated heterocycles. The lowest BCUT2D eigenvalue weighted by atomic mass is 9.67. The Morgan fingerprint density at radius 2 is 1.71 bits per heavy atom. The topological polar surface area (TPSA) is 38.5 Å². The van der Waals surface area contributed by atoms with E-state index in [4.69, 9.17) is 10.5 Å². The van der Waals surface area contributed by atoms with Crippen molar-refractivity contribution >= 4 is 0 Å². The normalized spacial score (nSPS) is 36.5. The van der Waals surface area contributed by atoms with E-state index < -0.39 is 0 Å². The Bertz CT molecular complexity index is 480. The highest BCUT2D eigenvalue weighted by Crippen LogP contribution is 2.48. The highest BCUT2D eigenvalue weighted by atomic mass is 16.5. The summed E-state index contributed by atoms with van der Waals surface area (Å²) >= 11 is 0. The number of benzene rings is 1. The van der Waals surface area contributed by atoms with Crippen LogP contribution in [0.3, 0.4) is 0 Å². The van der Waals surface area contributed by atoms with E-state index in [9.17, 15) is 0 Å². The van der Waals surface area contributed by atoms with Crippen LogP contribution in [0.25, 0.3) is 0 Å². The molecule has 2 bridgehead atoms. The van der Waals surface area contributed by atoms with Gasteiger partial charge in [0, 0.05) is 23.7 Å². The minimum Gasteiger partial charge on any atom is -0.497 e. The van der Waals surface area contributed by atoms with Crippen molar-refractivity contribution in [2.45, 2.75) is 69.6 Å². The molecule has 0 aliphatic carbocycles. The van der Waals surface area contributed by atoms with Crippen LogP contribution in [0.1, 0.15) is 51.5 Å². The SMILES string of the molecule is COc1ccc(CN2[C@@]3(C)CCC[C@]2(C)C[C@H](N)C3)cc1. The van der Waals surface area contributed by atoms with Crippen LogP contribution in [-0.4, -0.2) is 29.1 Å². The molecular weight excluding hydrogens is 260 g/mol. The largest absolute Gasteiger partial charge is 0.497 e. The van der Waals surface area contributed by atoms with Gasteiger partial charge in [0.1, 0.15) is 5.75 Å². The highest BCUT2D eigenvalue weighted by Gasteiger charge is 2.51. The van der Waals surface area contributed by atoms with E-state index in [-0.39, 0.29) is 11.1 Å². The number of nitrogens with two attached hydrogens (primary N) is 1. The summed E-state index contributed by atoms with van der Waals surface area (Å²) in [6.45, 7) is 5.84. The lowest BCUT2D eigenvalue weighted by molar-refractivity contribution is -0.0971. The smallest absolute Gasteiger partial charge is 0.118 e. The van der Waals surface area contributed by atoms with Gasteiger partial charge in [-0.15, -0.1) is 0 Å². The van der Waals surface area contributed by atoms with E-state index in [2.05, 4.69) is 43.0 Å². The maximum Gasteiger partial charge on any atom is 0.118 e. The van der Waals surface area contributed by atoms with Crippen LogP contribution < -0.4 is 10.5 Å². The predicted molar refractivity (Wildman–Crippen MR) is 86.4 cm³/mol. The lowest BCUT2D eigenvalue weighted by Crippen LogP contribution is -2.67. The summed E-state index contributed by atoms with van der Waals surface area (Å²) in [7, 11) is 1.72. The zero-order valence-electron chi connectivity index (χ0n) is 13.6. The summed E-state index contributed by atoms with van der Waals surface area (Å²) in [5, 5.41) is 0. The van der Waals surface area contributed by atoms with Gasteiger partial charge in [0.2, 0.25) is 0 Å². The molecule has 3 atom stereocenters. The maximum atomic E-state index is 6.35. The van der Waals surface area contributed by atoms with Gasteiger partial charge >= 0.3 is 0 Å². The Morgan fingerprint density at radius 3 is 2.24 bits per heavy atom. The van der Waals surface area contributed by atoms with Crippen molar-refractivity contribution in [3.63, 3.8) is 0 Å². The van der Waals surface area contributed by atoms with Gasteiger partial charge in [0.05, 0.1) is 7.11 Å². The lowest BCUT2D eigenvalue weighted by Gasteiger charge is -2.61. The number of methoxy groups -OCH3 is 1. The van der Waals surface area contributed by atoms with Crippen LogP contribution >= 0.6 is 0 Å². The Balaban J connectivity index is 1.85. The molecule has 3 rings (SSSR count). The van der Waals surface area contributed by atoms with E-state index in [1.807, 2.05) is 0 Å². The van der Waals surface area contributed by atoms with Crippen molar-refractivity contribution in [1.29, 1.82) is 0 Å². The van der Waals surface area contributed by atoms with Crippen molar-refractivity contribution in [2.75, 3.05) is 7.11 Å². The third-order valence-electron chi connectivity index (χ3n) is 5.64. The van der Waals surface area contributed by atoms with Gasteiger partial charge in [-0.2, -0.15) is 0 Å². The molecule has 3 heteroatoms. The Kier molecular flexibility index (Phi) is 3.74. The van der Waals surface area contributed by atoms with Crippen molar-refractivity contribution in [3.8, 4) is 5.75 Å². The molecule has 0 saturated carbocycles. The molecule has 0 spiro atoms. The second-order valence-corrected chi connectivity index (χ2v) is 7.45. The molecule has 21 heavy (non-hydrogen) atoms. The highest BCUT2D eigenvalue weighted by molar-refractivity contribution is 5.27. The van der Waals surface area contributed by atoms with Crippen LogP contribution in [0.4, 0.5) is 0 Å². The minimum atomic E-state index is 0.255. The second kappa shape index (κ2) is 5.29. The van der Waals surface area contributed by atoms with Crippen LogP contribution in [-0.2, 0) is 6.54 Å². The minimum absolute atomic E-state index is 0.255. The average Bonchev–Trinajstić information content (AvgIpc) is 2.42. The van der Waals surface area contributed by atoms with Gasteiger partial charge in [0.25, 0.3) is 0 Å². The van der Waals surface area contributed by atoms with Gasteiger partial charge < -0.3 is 10.5 Å². The molecule has 0 amide bonds. The van der Waals surface area contributed by atoms with Crippen molar-refractivity contribution in [2.24, 2.45) is 5.73 Å². The summed E-state index contributed by atoms with van der Waals surface area (Å²) in [6, 6.07) is 8.86. The number of hydrogen-bond acceptors (Lipinski definition) is 3. The van der Waals surface area contributed by atoms with Gasteiger partial charge in [-0.1, -0.05) is 12.1 Å². The number of hydrogen-bond donors (Lipinski definition) is 1. The molecule has 116 valence electrons. The number of ether oxygens (including phenoxy) is 1. The zero-order chi connectivity index (χ0) is 15.1. The third kappa shape index (κ3) is 2.69. The first kappa shape index (κ1) is 14.9. The molecule has 0 unspecified atom stereocenters. The molecule has 2 fully saturated rings. The van der Waals surface area contributed by atoms with E-state index in [1.54, 1.807) is 7.11 Å². The van der Waals surface area contributed by atoms with Gasteiger partial charge in [-0.05, 0) is 63.6 Å². The Hall–Kier alpha value is -1.06. The summed E-state index contributed by atoms with van der Waals surface area (Å²) in [4.78, 5) is 2.73. The fourth-order valence-corrected chi connectivity index (χ4v) is 4.69. The molecule has 2 aliphatic heterocycles. The average molecular weight is 288 g/mol. The first-order valence-electron chi connectivity index (χ1n) is 8.11. The summed E-state index contributed by atoms with van der Waals surface area (Å²) in [5.41, 5.74) is 8.22. The number of piperidine rings is 2. The van der Waals surface area contributed by atoms with Gasteiger partial charge in [-0.25, -0.2) is 0 Å². The van der Waals surface area contributed by atoms with Crippen LogP contribution in [0.15, 0.2) is 24.3 Å². The molecule has 2 aliphatic rings. The second-order valence-electron chi connectivity index (χ2n) is 7.45. The molecule has 1 aromatic rings. The number of fused-ring (bicyclic) bond motifs is 2. The Labute approximate surface area is 128 Å². The first-order valence-corrected chi connectivity index (χ1v) is 8.11. The zero-order valence-corrected chi connectivity index (χ0v) is 13.6. The standard InChI is InChI=1S/C18H28N2O/c1-17-9-4-10-18(2,12-15(19)11-17)20(17)13-14-5-7-16(21-3)8-6-14/h5-8,15H,4,9-13,19H2,1-3H3/t15-,17+,18-. The van der Waals surface area contributed by atoms with E-state index in [0.29, 0.717) is 6.04 Å². The summed E-state index contributed by atoms with van der Waals surface area (Å²) in [5.74, 6) is 0.928. The van der Waals surface area contributed by atoms with Gasteiger partial charge in [0.15, 0.2) is 0 Å². The molecule has 2 N–H and O–H groups in total.